The number of nitrogens with two attached hydrogens (primary N) is 1. The monoisotopic (exact) mass is 276 g/mol. The van der Waals surface area contributed by atoms with Gasteiger partial charge in [0.1, 0.15) is 10.7 Å². The third-order valence-corrected chi connectivity index (χ3v) is 2.87. The molecule has 0 bridgehead atoms. The number of aromatic nitrogens is 4. The number of nitrogens with zero attached hydrogens (tertiary/aromatic N) is 4. The molecule has 0 saturated heterocycles. The summed E-state index contributed by atoms with van der Waals surface area (Å²) in [4.78, 5) is 8.84. The molecular formula is C12H16N6S. The molecule has 2 heterocycles. The zero-order chi connectivity index (χ0) is 14.0. The van der Waals surface area contributed by atoms with E-state index in [1.54, 1.807) is 10.7 Å². The van der Waals surface area contributed by atoms with Crippen molar-refractivity contribution < 1.29 is 0 Å². The van der Waals surface area contributed by atoms with Crippen LogP contribution in [0.5, 0.6) is 0 Å². The van der Waals surface area contributed by atoms with E-state index >= 15 is 0 Å². The highest BCUT2D eigenvalue weighted by atomic mass is 32.1. The van der Waals surface area contributed by atoms with Gasteiger partial charge in [0.15, 0.2) is 0 Å². The van der Waals surface area contributed by atoms with Crippen LogP contribution in [0, 0.1) is 13.8 Å². The number of rotatable bonds is 4. The molecule has 19 heavy (non-hydrogen) atoms. The summed E-state index contributed by atoms with van der Waals surface area (Å²) >= 11 is 4.93. The van der Waals surface area contributed by atoms with Crippen LogP contribution in [0.1, 0.15) is 22.6 Å². The van der Waals surface area contributed by atoms with E-state index in [2.05, 4.69) is 20.4 Å². The summed E-state index contributed by atoms with van der Waals surface area (Å²) in [6.45, 7) is 4.46. The maximum absolute atomic E-state index is 5.59. The first kappa shape index (κ1) is 13.4. The quantitative estimate of drug-likeness (QED) is 0.813. The molecule has 3 N–H and O–H groups in total. The second-order valence-electron chi connectivity index (χ2n) is 4.35. The van der Waals surface area contributed by atoms with Crippen LogP contribution in [-0.4, -0.2) is 24.7 Å². The lowest BCUT2D eigenvalue weighted by Gasteiger charge is -2.07. The molecule has 0 fully saturated rings. The second-order valence-corrected chi connectivity index (χ2v) is 4.79. The standard InChI is InChI=1S/C12H16N6S/c1-7-4-10(11(13)19)16-12(15-7)14-5-9-6-18(3)17-8(9)2/h4,6H,5H2,1-3H3,(H2,13,19)(H,14,15,16). The largest absolute Gasteiger partial charge is 0.388 e. The molecule has 0 aliphatic carbocycles. The van der Waals surface area contributed by atoms with Gasteiger partial charge in [0.05, 0.1) is 5.69 Å². The molecule has 7 heteroatoms. The van der Waals surface area contributed by atoms with Gasteiger partial charge in [-0.05, 0) is 19.9 Å². The molecule has 100 valence electrons. The molecule has 0 radical (unpaired) electrons. The molecule has 6 nitrogen and oxygen atoms in total. The van der Waals surface area contributed by atoms with Crippen molar-refractivity contribution in [3.63, 3.8) is 0 Å². The van der Waals surface area contributed by atoms with Crippen molar-refractivity contribution in [2.24, 2.45) is 12.8 Å². The summed E-state index contributed by atoms with van der Waals surface area (Å²) in [6, 6.07) is 1.77. The molecule has 0 atom stereocenters. The lowest BCUT2D eigenvalue weighted by Crippen LogP contribution is -2.14. The smallest absolute Gasteiger partial charge is 0.223 e. The predicted octanol–water partition coefficient (Wildman–Crippen LogP) is 1.07. The maximum atomic E-state index is 5.59. The summed E-state index contributed by atoms with van der Waals surface area (Å²) in [5.74, 6) is 0.519. The van der Waals surface area contributed by atoms with Gasteiger partial charge in [-0.25, -0.2) is 9.97 Å². The summed E-state index contributed by atoms with van der Waals surface area (Å²) in [7, 11) is 1.89. The van der Waals surface area contributed by atoms with E-state index in [0.29, 0.717) is 18.2 Å². The van der Waals surface area contributed by atoms with E-state index in [1.807, 2.05) is 27.1 Å². The van der Waals surface area contributed by atoms with Crippen molar-refractivity contribution in [3.8, 4) is 0 Å². The minimum Gasteiger partial charge on any atom is -0.388 e. The highest BCUT2D eigenvalue weighted by Crippen LogP contribution is 2.09. The lowest BCUT2D eigenvalue weighted by atomic mass is 10.2. The number of hydrogen-bond donors (Lipinski definition) is 2. The van der Waals surface area contributed by atoms with Gasteiger partial charge in [0, 0.05) is 31.0 Å². The Morgan fingerprint density at radius 3 is 2.74 bits per heavy atom. The lowest BCUT2D eigenvalue weighted by molar-refractivity contribution is 0.756. The fourth-order valence-electron chi connectivity index (χ4n) is 1.77. The van der Waals surface area contributed by atoms with Crippen molar-refractivity contribution in [1.29, 1.82) is 0 Å². The van der Waals surface area contributed by atoms with Crippen LogP contribution >= 0.6 is 12.2 Å². The third kappa shape index (κ3) is 3.25. The number of thiocarbonyl (C=S) groups is 1. The van der Waals surface area contributed by atoms with Gasteiger partial charge in [-0.15, -0.1) is 0 Å². The van der Waals surface area contributed by atoms with Crippen LogP contribution in [0.3, 0.4) is 0 Å². The van der Waals surface area contributed by atoms with E-state index in [1.165, 1.54) is 0 Å². The van der Waals surface area contributed by atoms with Crippen LogP contribution in [0.25, 0.3) is 0 Å². The molecule has 0 amide bonds. The van der Waals surface area contributed by atoms with Crippen LogP contribution < -0.4 is 11.1 Å². The Kier molecular flexibility index (Phi) is 3.75. The van der Waals surface area contributed by atoms with Crippen molar-refractivity contribution in [3.05, 3.63) is 34.9 Å². The summed E-state index contributed by atoms with van der Waals surface area (Å²) in [5, 5.41) is 7.44. The molecule has 0 spiro atoms. The van der Waals surface area contributed by atoms with Crippen molar-refractivity contribution in [2.75, 3.05) is 5.32 Å². The van der Waals surface area contributed by atoms with Gasteiger partial charge in [0.2, 0.25) is 5.95 Å². The number of aryl methyl sites for hydroxylation is 3. The molecule has 0 aliphatic rings. The van der Waals surface area contributed by atoms with Gasteiger partial charge < -0.3 is 11.1 Å². The highest BCUT2D eigenvalue weighted by molar-refractivity contribution is 7.80. The van der Waals surface area contributed by atoms with Gasteiger partial charge >= 0.3 is 0 Å². The van der Waals surface area contributed by atoms with Gasteiger partial charge in [-0.2, -0.15) is 5.10 Å². The Bertz CT molecular complexity index is 619. The Labute approximate surface area is 117 Å². The number of hydrogen-bond acceptors (Lipinski definition) is 5. The van der Waals surface area contributed by atoms with Gasteiger partial charge in [-0.1, -0.05) is 12.2 Å². The van der Waals surface area contributed by atoms with E-state index < -0.39 is 0 Å². The molecule has 0 aliphatic heterocycles. The Morgan fingerprint density at radius 2 is 2.16 bits per heavy atom. The SMILES string of the molecule is Cc1cc(C(N)=S)nc(NCc2cn(C)nc2C)n1. The predicted molar refractivity (Wildman–Crippen MR) is 77.9 cm³/mol. The average Bonchev–Trinajstić information content (AvgIpc) is 2.64. The van der Waals surface area contributed by atoms with Crippen LogP contribution in [0.15, 0.2) is 12.3 Å². The fourth-order valence-corrected chi connectivity index (χ4v) is 1.87. The first-order valence-electron chi connectivity index (χ1n) is 5.84. The van der Waals surface area contributed by atoms with Crippen molar-refractivity contribution >= 4 is 23.2 Å². The number of anilines is 1. The topological polar surface area (TPSA) is 81.6 Å². The molecule has 0 saturated carbocycles. The highest BCUT2D eigenvalue weighted by Gasteiger charge is 2.06. The van der Waals surface area contributed by atoms with Crippen LogP contribution in [0.4, 0.5) is 5.95 Å². The van der Waals surface area contributed by atoms with E-state index in [9.17, 15) is 0 Å². The Morgan fingerprint density at radius 1 is 1.42 bits per heavy atom. The molecular weight excluding hydrogens is 260 g/mol. The minimum atomic E-state index is 0.270. The van der Waals surface area contributed by atoms with E-state index in [0.717, 1.165) is 17.0 Å². The fraction of sp³-hybridized carbons (Fsp3) is 0.333. The number of nitrogens with one attached hydrogen (secondary N) is 1. The molecule has 0 aromatic carbocycles. The summed E-state index contributed by atoms with van der Waals surface area (Å²) in [5.41, 5.74) is 9.07. The first-order chi connectivity index (χ1) is 8.95. The first-order valence-corrected chi connectivity index (χ1v) is 6.25. The van der Waals surface area contributed by atoms with E-state index in [-0.39, 0.29) is 4.99 Å². The van der Waals surface area contributed by atoms with Crippen molar-refractivity contribution in [1.82, 2.24) is 19.7 Å². The van der Waals surface area contributed by atoms with Gasteiger partial charge in [0.25, 0.3) is 0 Å². The zero-order valence-corrected chi connectivity index (χ0v) is 12.0. The molecule has 2 aromatic heterocycles. The average molecular weight is 276 g/mol. The third-order valence-electron chi connectivity index (χ3n) is 2.66. The van der Waals surface area contributed by atoms with Gasteiger partial charge in [-0.3, -0.25) is 4.68 Å². The van der Waals surface area contributed by atoms with Crippen LogP contribution in [-0.2, 0) is 13.6 Å². The summed E-state index contributed by atoms with van der Waals surface area (Å²) in [6.07, 6.45) is 1.96. The molecule has 2 aromatic rings. The zero-order valence-electron chi connectivity index (χ0n) is 11.1. The molecule has 2 rings (SSSR count). The summed E-state index contributed by atoms with van der Waals surface area (Å²) < 4.78 is 1.78. The maximum Gasteiger partial charge on any atom is 0.223 e. The molecule has 0 unspecified atom stereocenters. The van der Waals surface area contributed by atoms with E-state index in [4.69, 9.17) is 18.0 Å². The Hall–Kier alpha value is -2.02. The van der Waals surface area contributed by atoms with Crippen LogP contribution in [0.2, 0.25) is 0 Å². The minimum absolute atomic E-state index is 0.270. The Balaban J connectivity index is 2.15. The normalized spacial score (nSPS) is 10.5. The second kappa shape index (κ2) is 5.31. The van der Waals surface area contributed by atoms with Crippen molar-refractivity contribution in [2.45, 2.75) is 20.4 Å².